The Morgan fingerprint density at radius 1 is 1.29 bits per heavy atom. The molecule has 1 saturated carbocycles. The zero-order valence-corrected chi connectivity index (χ0v) is 9.71. The molecule has 0 heterocycles. The molecule has 0 bridgehead atoms. The van der Waals surface area contributed by atoms with Crippen LogP contribution in [-0.2, 0) is 0 Å². The summed E-state index contributed by atoms with van der Waals surface area (Å²) in [7, 11) is 2.19. The van der Waals surface area contributed by atoms with Crippen molar-refractivity contribution in [1.82, 2.24) is 4.90 Å². The Kier molecular flexibility index (Phi) is 5.49. The third-order valence-electron chi connectivity index (χ3n) is 3.39. The normalized spacial score (nSPS) is 27.4. The van der Waals surface area contributed by atoms with Crippen molar-refractivity contribution in [1.29, 1.82) is 0 Å². The van der Waals surface area contributed by atoms with Crippen molar-refractivity contribution in [3.05, 3.63) is 0 Å². The molecule has 0 spiro atoms. The molecular weight excluding hydrogens is 174 g/mol. The van der Waals surface area contributed by atoms with E-state index in [9.17, 15) is 5.11 Å². The Morgan fingerprint density at radius 2 is 2.07 bits per heavy atom. The number of aliphatic hydroxyl groups excluding tert-OH is 1. The first kappa shape index (κ1) is 12.0. The van der Waals surface area contributed by atoms with Crippen molar-refractivity contribution in [3.63, 3.8) is 0 Å². The third-order valence-corrected chi connectivity index (χ3v) is 3.39. The van der Waals surface area contributed by atoms with Crippen molar-refractivity contribution in [2.75, 3.05) is 20.1 Å². The molecule has 2 nitrogen and oxygen atoms in total. The molecule has 1 aliphatic rings. The molecule has 14 heavy (non-hydrogen) atoms. The van der Waals surface area contributed by atoms with E-state index in [0.29, 0.717) is 5.92 Å². The first-order chi connectivity index (χ1) is 6.74. The van der Waals surface area contributed by atoms with E-state index in [0.717, 1.165) is 13.0 Å². The monoisotopic (exact) mass is 199 g/mol. The molecule has 0 amide bonds. The summed E-state index contributed by atoms with van der Waals surface area (Å²) in [5.74, 6) is 0.582. The van der Waals surface area contributed by atoms with Gasteiger partial charge in [-0.2, -0.15) is 0 Å². The van der Waals surface area contributed by atoms with E-state index in [1.54, 1.807) is 0 Å². The van der Waals surface area contributed by atoms with E-state index in [4.69, 9.17) is 0 Å². The van der Waals surface area contributed by atoms with Crippen LogP contribution in [0.25, 0.3) is 0 Å². The second-order valence-electron chi connectivity index (χ2n) is 4.70. The van der Waals surface area contributed by atoms with Gasteiger partial charge in [-0.25, -0.2) is 0 Å². The molecule has 2 unspecified atom stereocenters. The number of hydrogen-bond donors (Lipinski definition) is 1. The topological polar surface area (TPSA) is 23.5 Å². The van der Waals surface area contributed by atoms with Crippen molar-refractivity contribution < 1.29 is 5.11 Å². The smallest absolute Gasteiger partial charge is 0.0568 e. The van der Waals surface area contributed by atoms with Gasteiger partial charge >= 0.3 is 0 Å². The van der Waals surface area contributed by atoms with Crippen LogP contribution in [0.5, 0.6) is 0 Å². The standard InChI is InChI=1S/C12H25NO/c1-3-4-9-13(2)10-8-11-6-5-7-12(11)14/h11-12,14H,3-10H2,1-2H3. The minimum atomic E-state index is -0.00502. The fraction of sp³-hybridized carbons (Fsp3) is 1.00. The number of nitrogens with zero attached hydrogens (tertiary/aromatic N) is 1. The van der Waals surface area contributed by atoms with E-state index in [-0.39, 0.29) is 6.10 Å². The molecule has 2 atom stereocenters. The summed E-state index contributed by atoms with van der Waals surface area (Å²) >= 11 is 0. The summed E-state index contributed by atoms with van der Waals surface area (Å²) in [6.45, 7) is 4.59. The largest absolute Gasteiger partial charge is 0.393 e. The molecule has 0 aromatic heterocycles. The Labute approximate surface area is 88.3 Å². The summed E-state index contributed by atoms with van der Waals surface area (Å²) in [6.07, 6.45) is 7.24. The third kappa shape index (κ3) is 3.97. The van der Waals surface area contributed by atoms with E-state index in [1.807, 2.05) is 0 Å². The van der Waals surface area contributed by atoms with Gasteiger partial charge in [0.1, 0.15) is 0 Å². The van der Waals surface area contributed by atoms with Gasteiger partial charge in [-0.05, 0) is 51.7 Å². The molecule has 2 heteroatoms. The van der Waals surface area contributed by atoms with E-state index in [1.165, 1.54) is 38.6 Å². The predicted octanol–water partition coefficient (Wildman–Crippen LogP) is 2.27. The average molecular weight is 199 g/mol. The molecule has 1 rings (SSSR count). The highest BCUT2D eigenvalue weighted by atomic mass is 16.3. The maximum atomic E-state index is 9.66. The Balaban J connectivity index is 2.07. The van der Waals surface area contributed by atoms with Crippen LogP contribution in [0.1, 0.15) is 45.4 Å². The van der Waals surface area contributed by atoms with Crippen molar-refractivity contribution in [2.45, 2.75) is 51.6 Å². The summed E-state index contributed by atoms with van der Waals surface area (Å²) in [4.78, 5) is 2.40. The Hall–Kier alpha value is -0.0800. The van der Waals surface area contributed by atoms with Gasteiger partial charge in [-0.15, -0.1) is 0 Å². The van der Waals surface area contributed by atoms with Crippen LogP contribution < -0.4 is 0 Å². The highest BCUT2D eigenvalue weighted by molar-refractivity contribution is 4.77. The fourth-order valence-electron chi connectivity index (χ4n) is 2.28. The first-order valence-electron chi connectivity index (χ1n) is 6.10. The predicted molar refractivity (Wildman–Crippen MR) is 60.4 cm³/mol. The number of rotatable bonds is 6. The molecule has 1 N–H and O–H groups in total. The maximum absolute atomic E-state index is 9.66. The van der Waals surface area contributed by atoms with Gasteiger partial charge < -0.3 is 10.0 Å². The quantitative estimate of drug-likeness (QED) is 0.709. The molecule has 1 fully saturated rings. The molecule has 0 saturated heterocycles. The van der Waals surface area contributed by atoms with Gasteiger partial charge in [0.2, 0.25) is 0 Å². The van der Waals surface area contributed by atoms with Crippen LogP contribution in [0, 0.1) is 5.92 Å². The first-order valence-corrected chi connectivity index (χ1v) is 6.10. The minimum Gasteiger partial charge on any atom is -0.393 e. The lowest BCUT2D eigenvalue weighted by Gasteiger charge is -2.20. The average Bonchev–Trinajstić information content (AvgIpc) is 2.58. The second-order valence-corrected chi connectivity index (χ2v) is 4.70. The maximum Gasteiger partial charge on any atom is 0.0568 e. The summed E-state index contributed by atoms with van der Waals surface area (Å²) in [6, 6.07) is 0. The minimum absolute atomic E-state index is 0.00502. The number of unbranched alkanes of at least 4 members (excludes halogenated alkanes) is 1. The van der Waals surface area contributed by atoms with Crippen molar-refractivity contribution in [3.8, 4) is 0 Å². The molecular formula is C12H25NO. The van der Waals surface area contributed by atoms with Gasteiger partial charge in [0.15, 0.2) is 0 Å². The van der Waals surface area contributed by atoms with Crippen molar-refractivity contribution in [2.24, 2.45) is 5.92 Å². The SMILES string of the molecule is CCCCN(C)CCC1CCCC1O. The van der Waals surface area contributed by atoms with Crippen molar-refractivity contribution >= 4 is 0 Å². The second kappa shape index (κ2) is 6.41. The Bertz CT molecular complexity index is 149. The lowest BCUT2D eigenvalue weighted by atomic mass is 10.0. The molecule has 0 radical (unpaired) electrons. The van der Waals surface area contributed by atoms with E-state index < -0.39 is 0 Å². The van der Waals surface area contributed by atoms with E-state index >= 15 is 0 Å². The Morgan fingerprint density at radius 3 is 2.64 bits per heavy atom. The van der Waals surface area contributed by atoms with Crippen LogP contribution in [0.3, 0.4) is 0 Å². The molecule has 0 aromatic rings. The van der Waals surface area contributed by atoms with Gasteiger partial charge in [0, 0.05) is 0 Å². The highest BCUT2D eigenvalue weighted by Crippen LogP contribution is 2.28. The van der Waals surface area contributed by atoms with Crippen LogP contribution in [0.4, 0.5) is 0 Å². The molecule has 1 aliphatic carbocycles. The molecule has 0 aliphatic heterocycles. The number of aliphatic hydroxyl groups is 1. The molecule has 0 aromatic carbocycles. The van der Waals surface area contributed by atoms with Gasteiger partial charge in [0.25, 0.3) is 0 Å². The zero-order valence-electron chi connectivity index (χ0n) is 9.71. The van der Waals surface area contributed by atoms with Crippen LogP contribution in [0.2, 0.25) is 0 Å². The van der Waals surface area contributed by atoms with Gasteiger partial charge in [0.05, 0.1) is 6.10 Å². The van der Waals surface area contributed by atoms with Crippen LogP contribution in [0.15, 0.2) is 0 Å². The highest BCUT2D eigenvalue weighted by Gasteiger charge is 2.24. The van der Waals surface area contributed by atoms with Gasteiger partial charge in [-0.1, -0.05) is 19.8 Å². The summed E-state index contributed by atoms with van der Waals surface area (Å²) in [5, 5.41) is 9.66. The fourth-order valence-corrected chi connectivity index (χ4v) is 2.28. The van der Waals surface area contributed by atoms with Gasteiger partial charge in [-0.3, -0.25) is 0 Å². The lowest BCUT2D eigenvalue weighted by Crippen LogP contribution is -2.25. The van der Waals surface area contributed by atoms with E-state index in [2.05, 4.69) is 18.9 Å². The lowest BCUT2D eigenvalue weighted by molar-refractivity contribution is 0.120. The summed E-state index contributed by atoms with van der Waals surface area (Å²) in [5.41, 5.74) is 0. The summed E-state index contributed by atoms with van der Waals surface area (Å²) < 4.78 is 0. The van der Waals surface area contributed by atoms with Crippen LogP contribution in [-0.4, -0.2) is 36.2 Å². The van der Waals surface area contributed by atoms with Crippen LogP contribution >= 0.6 is 0 Å². The zero-order chi connectivity index (χ0) is 10.4. The molecule has 84 valence electrons. The number of hydrogen-bond acceptors (Lipinski definition) is 2.